The molecule has 1 saturated carbocycles. The number of benzene rings is 1. The number of carbonyl (C=O) groups excluding carboxylic acids is 1. The third-order valence-electron chi connectivity index (χ3n) is 6.99. The third-order valence-corrected chi connectivity index (χ3v) is 8.88. The van der Waals surface area contributed by atoms with Crippen molar-refractivity contribution < 1.29 is 27.1 Å². The maximum absolute atomic E-state index is 13.3. The number of fused-ring (bicyclic) bond motifs is 1. The zero-order valence-electron chi connectivity index (χ0n) is 18.4. The second kappa shape index (κ2) is 8.44. The van der Waals surface area contributed by atoms with E-state index in [1.165, 1.54) is 10.7 Å². The number of furan rings is 1. The van der Waals surface area contributed by atoms with Crippen molar-refractivity contribution in [1.29, 1.82) is 0 Å². The fraction of sp³-hybridized carbons (Fsp3) is 0.609. The van der Waals surface area contributed by atoms with Gasteiger partial charge in [0.05, 0.1) is 18.1 Å². The number of sulfonamides is 1. The van der Waals surface area contributed by atoms with Gasteiger partial charge in [0, 0.05) is 42.9 Å². The minimum atomic E-state index is -3.67. The van der Waals surface area contributed by atoms with E-state index in [9.17, 15) is 13.2 Å². The number of carbonyl (C=O) groups is 1. The molecule has 9 heteroatoms. The number of amides is 1. The number of aryl methyl sites for hydroxylation is 1. The van der Waals surface area contributed by atoms with Crippen molar-refractivity contribution in [1.82, 2.24) is 9.62 Å². The van der Waals surface area contributed by atoms with Crippen LogP contribution in [0.25, 0.3) is 11.0 Å². The average molecular weight is 463 g/mol. The molecule has 1 amide bonds. The van der Waals surface area contributed by atoms with Gasteiger partial charge in [-0.3, -0.25) is 4.79 Å². The van der Waals surface area contributed by atoms with Crippen molar-refractivity contribution in [2.75, 3.05) is 26.3 Å². The Kier molecular flexibility index (Phi) is 5.77. The molecular formula is C23H30N2O6S. The molecule has 1 spiro atoms. The van der Waals surface area contributed by atoms with Gasteiger partial charge in [-0.1, -0.05) is 19.3 Å². The lowest BCUT2D eigenvalue weighted by Crippen LogP contribution is -2.47. The maximum Gasteiger partial charge on any atom is 0.287 e. The van der Waals surface area contributed by atoms with Crippen LogP contribution in [0.4, 0.5) is 0 Å². The average Bonchev–Trinajstić information content (AvgIpc) is 3.39. The van der Waals surface area contributed by atoms with Crippen molar-refractivity contribution in [3.8, 4) is 0 Å². The molecule has 3 heterocycles. The third kappa shape index (κ3) is 3.96. The predicted octanol–water partition coefficient (Wildman–Crippen LogP) is 3.33. The summed E-state index contributed by atoms with van der Waals surface area (Å²) in [7, 11) is -3.67. The van der Waals surface area contributed by atoms with Crippen LogP contribution >= 0.6 is 0 Å². The summed E-state index contributed by atoms with van der Waals surface area (Å²) < 4.78 is 45.3. The number of hydrogen-bond acceptors (Lipinski definition) is 6. The highest BCUT2D eigenvalue weighted by molar-refractivity contribution is 7.89. The minimum Gasteiger partial charge on any atom is -0.451 e. The van der Waals surface area contributed by atoms with Gasteiger partial charge in [0.25, 0.3) is 5.91 Å². The van der Waals surface area contributed by atoms with Gasteiger partial charge in [0.1, 0.15) is 5.58 Å². The lowest BCUT2D eigenvalue weighted by atomic mass is 9.95. The number of nitrogens with zero attached hydrogens (tertiary/aromatic N) is 1. The van der Waals surface area contributed by atoms with Crippen LogP contribution < -0.4 is 5.32 Å². The van der Waals surface area contributed by atoms with E-state index < -0.39 is 15.8 Å². The summed E-state index contributed by atoms with van der Waals surface area (Å²) in [6, 6.07) is 4.99. The van der Waals surface area contributed by atoms with Gasteiger partial charge >= 0.3 is 0 Å². The Labute approximate surface area is 188 Å². The van der Waals surface area contributed by atoms with E-state index in [1.807, 2.05) is 0 Å². The summed E-state index contributed by atoms with van der Waals surface area (Å²) in [5.74, 6) is -0.596. The normalized spacial score (nSPS) is 22.5. The highest BCUT2D eigenvalue weighted by atomic mass is 32.2. The zero-order valence-corrected chi connectivity index (χ0v) is 19.2. The van der Waals surface area contributed by atoms with Crippen molar-refractivity contribution in [2.24, 2.45) is 0 Å². The van der Waals surface area contributed by atoms with E-state index in [0.29, 0.717) is 55.7 Å². The number of rotatable bonds is 4. The fourth-order valence-corrected chi connectivity index (χ4v) is 6.55. The molecule has 174 valence electrons. The largest absolute Gasteiger partial charge is 0.451 e. The van der Waals surface area contributed by atoms with E-state index in [2.05, 4.69) is 5.32 Å². The molecule has 5 rings (SSSR count). The van der Waals surface area contributed by atoms with Crippen molar-refractivity contribution >= 4 is 26.9 Å². The number of nitrogens with one attached hydrogen (secondary N) is 1. The molecule has 1 aromatic carbocycles. The van der Waals surface area contributed by atoms with Gasteiger partial charge in [-0.05, 0) is 38.0 Å². The molecule has 1 aliphatic carbocycles. The van der Waals surface area contributed by atoms with Crippen LogP contribution in [0.15, 0.2) is 27.5 Å². The maximum atomic E-state index is 13.3. The van der Waals surface area contributed by atoms with E-state index >= 15 is 0 Å². The SMILES string of the molecule is Cc1c(C(=O)NC2CCCCC2)oc2ccc(S(=O)(=O)N3CCC4(CC3)OCCO4)cc12. The highest BCUT2D eigenvalue weighted by Gasteiger charge is 2.42. The molecule has 0 bridgehead atoms. The summed E-state index contributed by atoms with van der Waals surface area (Å²) >= 11 is 0. The first-order valence-electron chi connectivity index (χ1n) is 11.5. The van der Waals surface area contributed by atoms with Crippen LogP contribution in [-0.4, -0.2) is 56.8 Å². The summed E-state index contributed by atoms with van der Waals surface area (Å²) in [6.45, 7) is 3.61. The molecule has 1 N–H and O–H groups in total. The smallest absolute Gasteiger partial charge is 0.287 e. The van der Waals surface area contributed by atoms with Crippen LogP contribution in [0, 0.1) is 6.92 Å². The molecule has 2 aromatic rings. The first kappa shape index (κ1) is 21.9. The Bertz CT molecular complexity index is 1100. The number of ether oxygens (including phenoxy) is 2. The van der Waals surface area contributed by atoms with Gasteiger partial charge < -0.3 is 19.2 Å². The minimum absolute atomic E-state index is 0.176. The van der Waals surface area contributed by atoms with E-state index in [-0.39, 0.29) is 22.6 Å². The second-order valence-electron chi connectivity index (χ2n) is 9.03. The van der Waals surface area contributed by atoms with Gasteiger partial charge in [-0.15, -0.1) is 0 Å². The summed E-state index contributed by atoms with van der Waals surface area (Å²) in [6.07, 6.45) is 6.48. The van der Waals surface area contributed by atoms with Crippen LogP contribution in [-0.2, 0) is 19.5 Å². The number of hydrogen-bond donors (Lipinski definition) is 1. The van der Waals surface area contributed by atoms with Gasteiger partial charge in [-0.2, -0.15) is 4.31 Å². The monoisotopic (exact) mass is 462 g/mol. The van der Waals surface area contributed by atoms with E-state index in [4.69, 9.17) is 13.9 Å². The molecule has 3 aliphatic rings. The Balaban J connectivity index is 1.36. The molecule has 1 aromatic heterocycles. The quantitative estimate of drug-likeness (QED) is 0.748. The van der Waals surface area contributed by atoms with Crippen molar-refractivity contribution in [2.45, 2.75) is 68.6 Å². The van der Waals surface area contributed by atoms with Crippen molar-refractivity contribution in [3.63, 3.8) is 0 Å². The molecule has 32 heavy (non-hydrogen) atoms. The molecule has 3 fully saturated rings. The molecule has 2 saturated heterocycles. The zero-order chi connectivity index (χ0) is 22.3. The Morgan fingerprint density at radius 1 is 1.09 bits per heavy atom. The highest BCUT2D eigenvalue weighted by Crippen LogP contribution is 2.35. The first-order valence-corrected chi connectivity index (χ1v) is 12.9. The Morgan fingerprint density at radius 2 is 1.78 bits per heavy atom. The predicted molar refractivity (Wildman–Crippen MR) is 118 cm³/mol. The lowest BCUT2D eigenvalue weighted by Gasteiger charge is -2.36. The van der Waals surface area contributed by atoms with Crippen LogP contribution in [0.5, 0.6) is 0 Å². The first-order chi connectivity index (χ1) is 15.4. The van der Waals surface area contributed by atoms with Crippen LogP contribution in [0.3, 0.4) is 0 Å². The topological polar surface area (TPSA) is 98.1 Å². The molecule has 0 unspecified atom stereocenters. The van der Waals surface area contributed by atoms with E-state index in [1.54, 1.807) is 25.1 Å². The molecule has 8 nitrogen and oxygen atoms in total. The lowest BCUT2D eigenvalue weighted by molar-refractivity contribution is -0.179. The molecule has 0 radical (unpaired) electrons. The molecule has 0 atom stereocenters. The van der Waals surface area contributed by atoms with Crippen LogP contribution in [0.2, 0.25) is 0 Å². The summed E-state index contributed by atoms with van der Waals surface area (Å²) in [4.78, 5) is 13.0. The Hall–Kier alpha value is -1.94. The summed E-state index contributed by atoms with van der Waals surface area (Å²) in [5, 5.41) is 3.72. The Morgan fingerprint density at radius 3 is 2.47 bits per heavy atom. The van der Waals surface area contributed by atoms with E-state index in [0.717, 1.165) is 25.7 Å². The fourth-order valence-electron chi connectivity index (χ4n) is 5.08. The molecular weight excluding hydrogens is 432 g/mol. The van der Waals surface area contributed by atoms with Gasteiger partial charge in [-0.25, -0.2) is 8.42 Å². The van der Waals surface area contributed by atoms with Crippen molar-refractivity contribution in [3.05, 3.63) is 29.5 Å². The van der Waals surface area contributed by atoms with Gasteiger partial charge in [0.2, 0.25) is 10.0 Å². The number of piperidine rings is 1. The second-order valence-corrected chi connectivity index (χ2v) is 11.0. The van der Waals surface area contributed by atoms with Gasteiger partial charge in [0.15, 0.2) is 11.5 Å². The molecule has 2 aliphatic heterocycles. The summed E-state index contributed by atoms with van der Waals surface area (Å²) in [5.41, 5.74) is 1.18. The standard InChI is InChI=1S/C23H30N2O6S/c1-16-19-15-18(32(27,28)25-11-9-23(10-12-25)29-13-14-30-23)7-8-20(19)31-21(16)22(26)24-17-5-3-2-4-6-17/h7-8,15,17H,2-6,9-14H2,1H3,(H,24,26). The van der Waals surface area contributed by atoms with Crippen LogP contribution in [0.1, 0.15) is 61.1 Å².